The van der Waals surface area contributed by atoms with E-state index in [9.17, 15) is 0 Å². The van der Waals surface area contributed by atoms with Crippen molar-refractivity contribution in [3.05, 3.63) is 75.8 Å². The van der Waals surface area contributed by atoms with Gasteiger partial charge in [-0.2, -0.15) is 0 Å². The Morgan fingerprint density at radius 3 is 0.919 bits per heavy atom. The van der Waals surface area contributed by atoms with Crippen LogP contribution in [0.5, 0.6) is 0 Å². The van der Waals surface area contributed by atoms with Gasteiger partial charge in [0.15, 0.2) is 0 Å². The first kappa shape index (κ1) is 30.0. The van der Waals surface area contributed by atoms with Gasteiger partial charge in [-0.05, 0) is 0 Å². The predicted octanol–water partition coefficient (Wildman–Crippen LogP) is 10.0. The second kappa shape index (κ2) is 12.1. The van der Waals surface area contributed by atoms with Crippen molar-refractivity contribution < 1.29 is 0 Å². The van der Waals surface area contributed by atoms with Crippen LogP contribution in [0.15, 0.2) is 42.5 Å². The van der Waals surface area contributed by atoms with Gasteiger partial charge in [-0.15, -0.1) is 0 Å². The van der Waals surface area contributed by atoms with Crippen LogP contribution in [0.3, 0.4) is 0 Å². The Hall–Kier alpha value is -1.54. The summed E-state index contributed by atoms with van der Waals surface area (Å²) in [6.07, 6.45) is 0. The number of benzene rings is 3. The molecule has 0 fully saturated rings. The van der Waals surface area contributed by atoms with Gasteiger partial charge in [0.2, 0.25) is 0 Å². The van der Waals surface area contributed by atoms with Gasteiger partial charge in [-0.25, -0.2) is 0 Å². The van der Waals surface area contributed by atoms with Crippen LogP contribution in [0, 0.1) is 0 Å². The van der Waals surface area contributed by atoms with Crippen molar-refractivity contribution in [1.29, 1.82) is 0 Å². The molecule has 0 saturated carbocycles. The van der Waals surface area contributed by atoms with Gasteiger partial charge >= 0.3 is 243 Å². The molecule has 3 aromatic carbocycles. The molecule has 3 rings (SSSR count). The van der Waals surface area contributed by atoms with Crippen molar-refractivity contribution in [2.75, 3.05) is 0 Å². The first-order chi connectivity index (χ1) is 17.3. The summed E-state index contributed by atoms with van der Waals surface area (Å²) >= 11 is 0.709. The van der Waals surface area contributed by atoms with Crippen LogP contribution in [0.4, 0.5) is 0 Å². The van der Waals surface area contributed by atoms with Gasteiger partial charge in [-0.1, -0.05) is 0 Å². The van der Waals surface area contributed by atoms with Gasteiger partial charge in [0.1, 0.15) is 0 Å². The normalized spacial score (nSPS) is 12.3. The van der Waals surface area contributed by atoms with Gasteiger partial charge in [0, 0.05) is 0 Å². The van der Waals surface area contributed by atoms with Crippen LogP contribution < -0.4 is 3.58 Å². The monoisotopic (exact) mass is 603 g/mol. The summed E-state index contributed by atoms with van der Waals surface area (Å²) in [7, 11) is 0. The van der Waals surface area contributed by atoms with E-state index in [1.807, 2.05) is 0 Å². The Kier molecular flexibility index (Phi) is 9.81. The number of hydrogen-bond acceptors (Lipinski definition) is 0. The van der Waals surface area contributed by atoms with Crippen molar-refractivity contribution in [1.82, 2.24) is 0 Å². The molecule has 0 nitrogen and oxygen atoms in total. The first-order valence-corrected chi connectivity index (χ1v) is 16.6. The standard InChI is InChI=1S/C36H49.Sn.2H/c1-21(2)29-17-31(23(5)6)35(32(18-29)24(7)8)27-14-13-15-28(16-27)36-33(25(9)10)19-30(22(3)4)20-34(36)26(11)12;;;/h13-15,17-26H,1-12H3;;;. The molecule has 0 aliphatic rings. The first-order valence-electron chi connectivity index (χ1n) is 14.6. The van der Waals surface area contributed by atoms with E-state index in [0.717, 1.165) is 0 Å². The van der Waals surface area contributed by atoms with Crippen LogP contribution in [0.25, 0.3) is 22.3 Å². The zero-order valence-electron chi connectivity index (χ0n) is 25.7. The van der Waals surface area contributed by atoms with E-state index in [0.29, 0.717) is 58.0 Å². The fourth-order valence-corrected chi connectivity index (χ4v) is 7.27. The Bertz CT molecular complexity index is 1090. The van der Waals surface area contributed by atoms with Crippen molar-refractivity contribution in [3.63, 3.8) is 0 Å². The second-order valence-corrected chi connectivity index (χ2v) is 14.9. The van der Waals surface area contributed by atoms with Crippen LogP contribution in [-0.2, 0) is 0 Å². The second-order valence-electron chi connectivity index (χ2n) is 12.9. The molecule has 1 radical (unpaired) electrons. The summed E-state index contributed by atoms with van der Waals surface area (Å²) in [4.78, 5) is 0. The summed E-state index contributed by atoms with van der Waals surface area (Å²) in [5.41, 5.74) is 15.0. The molecular formula is C36H51Sn. The molecule has 0 unspecified atom stereocenters. The van der Waals surface area contributed by atoms with Crippen LogP contribution >= 0.6 is 0 Å². The minimum absolute atomic E-state index is 0.488. The van der Waals surface area contributed by atoms with Crippen molar-refractivity contribution in [2.45, 2.75) is 119 Å². The molecule has 1 heteroatoms. The van der Waals surface area contributed by atoms with Crippen molar-refractivity contribution in [3.8, 4) is 22.3 Å². The summed E-state index contributed by atoms with van der Waals surface area (Å²) in [5.74, 6) is 3.03. The van der Waals surface area contributed by atoms with Crippen LogP contribution in [-0.4, -0.2) is 22.5 Å². The number of hydrogen-bond donors (Lipinski definition) is 0. The molecule has 199 valence electrons. The molecule has 0 atom stereocenters. The van der Waals surface area contributed by atoms with E-state index in [4.69, 9.17) is 0 Å². The third-order valence-corrected chi connectivity index (χ3v) is 10.2. The minimum atomic E-state index is 0.488. The quantitative estimate of drug-likeness (QED) is 0.225. The third kappa shape index (κ3) is 6.21. The SMILES string of the molecule is CC(C)c1cc(C(C)C)c(-c2cccc(-c3c(C(C)C)cc(C(C)C)cc3C(C)C)[c]2[SnH2])c(C(C)C)c1. The molecule has 37 heavy (non-hydrogen) atoms. The van der Waals surface area contributed by atoms with Gasteiger partial charge in [0.25, 0.3) is 0 Å². The summed E-state index contributed by atoms with van der Waals surface area (Å²) < 4.78 is 1.58. The van der Waals surface area contributed by atoms with Crippen LogP contribution in [0.1, 0.15) is 152 Å². The van der Waals surface area contributed by atoms with Crippen molar-refractivity contribution >= 4 is 26.1 Å². The van der Waals surface area contributed by atoms with Gasteiger partial charge in [0.05, 0.1) is 0 Å². The molecule has 0 amide bonds. The molecule has 3 aromatic rings. The van der Waals surface area contributed by atoms with E-state index in [1.165, 1.54) is 55.6 Å². The molecule has 0 aromatic heterocycles. The fourth-order valence-electron chi connectivity index (χ4n) is 5.59. The molecule has 0 N–H and O–H groups in total. The molecule has 0 bridgehead atoms. The third-order valence-electron chi connectivity index (χ3n) is 7.98. The zero-order chi connectivity index (χ0) is 27.8. The van der Waals surface area contributed by atoms with Crippen molar-refractivity contribution in [2.24, 2.45) is 0 Å². The summed E-state index contributed by atoms with van der Waals surface area (Å²) in [6.45, 7) is 28.2. The van der Waals surface area contributed by atoms with Gasteiger partial charge in [-0.3, -0.25) is 0 Å². The molecule has 0 saturated heterocycles. The molecule has 0 aliphatic heterocycles. The van der Waals surface area contributed by atoms with Crippen LogP contribution in [0.2, 0.25) is 0 Å². The molecule has 0 spiro atoms. The summed E-state index contributed by atoms with van der Waals surface area (Å²) in [5, 5.41) is 0. The maximum atomic E-state index is 2.50. The van der Waals surface area contributed by atoms with Gasteiger partial charge < -0.3 is 0 Å². The fraction of sp³-hybridized carbons (Fsp3) is 0.500. The Balaban J connectivity index is 2.44. The molecule has 0 aliphatic carbocycles. The van der Waals surface area contributed by atoms with E-state index in [-0.39, 0.29) is 0 Å². The molecular weight excluding hydrogens is 551 g/mol. The van der Waals surface area contributed by atoms with E-state index < -0.39 is 0 Å². The Labute approximate surface area is 241 Å². The Morgan fingerprint density at radius 2 is 0.703 bits per heavy atom. The maximum absolute atomic E-state index is 2.50. The van der Waals surface area contributed by atoms with E-state index in [2.05, 4.69) is 126 Å². The average molecular weight is 603 g/mol. The number of rotatable bonds is 8. The average Bonchev–Trinajstić information content (AvgIpc) is 2.82. The molecule has 0 heterocycles. The van der Waals surface area contributed by atoms with E-state index >= 15 is 0 Å². The van der Waals surface area contributed by atoms with E-state index in [1.54, 1.807) is 3.58 Å². The topological polar surface area (TPSA) is 0 Å². The predicted molar refractivity (Wildman–Crippen MR) is 170 cm³/mol. The zero-order valence-corrected chi connectivity index (χ0v) is 29.7. The Morgan fingerprint density at radius 1 is 0.432 bits per heavy atom. The summed E-state index contributed by atoms with van der Waals surface area (Å²) in [6, 6.07) is 17.2.